The first kappa shape index (κ1) is 22.8. The van der Waals surface area contributed by atoms with E-state index in [4.69, 9.17) is 5.73 Å². The lowest BCUT2D eigenvalue weighted by Crippen LogP contribution is -2.43. The summed E-state index contributed by atoms with van der Waals surface area (Å²) in [5, 5.41) is 9.57. The van der Waals surface area contributed by atoms with E-state index in [1.165, 1.54) is 12.1 Å². The van der Waals surface area contributed by atoms with Crippen LogP contribution in [-0.2, 0) is 9.84 Å². The molecule has 0 fully saturated rings. The maximum atomic E-state index is 13.4. The highest BCUT2D eigenvalue weighted by molar-refractivity contribution is 7.95. The van der Waals surface area contributed by atoms with Crippen molar-refractivity contribution in [1.82, 2.24) is 4.90 Å². The van der Waals surface area contributed by atoms with E-state index >= 15 is 0 Å². The van der Waals surface area contributed by atoms with Gasteiger partial charge in [-0.2, -0.15) is 13.2 Å². The largest absolute Gasteiger partial charge is 0.416 e. The Bertz CT molecular complexity index is 1120. The minimum Gasteiger partial charge on any atom is -0.401 e. The second kappa shape index (κ2) is 8.31. The van der Waals surface area contributed by atoms with E-state index in [0.29, 0.717) is 0 Å². The van der Waals surface area contributed by atoms with Crippen LogP contribution < -0.4 is 5.73 Å². The van der Waals surface area contributed by atoms with E-state index < -0.39 is 45.2 Å². The van der Waals surface area contributed by atoms with Crippen molar-refractivity contribution in [3.05, 3.63) is 82.4 Å². The summed E-state index contributed by atoms with van der Waals surface area (Å²) in [5.41, 5.74) is 5.64. The van der Waals surface area contributed by atoms with Gasteiger partial charge in [-0.05, 0) is 60.2 Å². The summed E-state index contributed by atoms with van der Waals surface area (Å²) in [4.78, 5) is 0.201. The number of rotatable bonds is 5. The lowest BCUT2D eigenvalue weighted by Gasteiger charge is -2.34. The minimum absolute atomic E-state index is 0.0686. The average Bonchev–Trinajstić information content (AvgIpc) is 2.68. The van der Waals surface area contributed by atoms with Crippen LogP contribution in [0.2, 0.25) is 0 Å². The van der Waals surface area contributed by atoms with Gasteiger partial charge in [0.25, 0.3) is 0 Å². The topological polar surface area (TPSA) is 83.6 Å². The molecule has 0 radical (unpaired) electrons. The van der Waals surface area contributed by atoms with E-state index in [-0.39, 0.29) is 28.4 Å². The highest BCUT2D eigenvalue weighted by atomic mass is 32.2. The van der Waals surface area contributed by atoms with Crippen molar-refractivity contribution in [2.45, 2.75) is 17.2 Å². The zero-order valence-electron chi connectivity index (χ0n) is 15.8. The van der Waals surface area contributed by atoms with Gasteiger partial charge in [-0.15, -0.1) is 0 Å². The van der Waals surface area contributed by atoms with Crippen molar-refractivity contribution in [3.8, 4) is 0 Å². The normalized spacial score (nSPS) is 16.3. The summed E-state index contributed by atoms with van der Waals surface area (Å²) in [7, 11) is -4.37. The molecule has 2 aromatic rings. The smallest absolute Gasteiger partial charge is 0.401 e. The third-order valence-electron chi connectivity index (χ3n) is 4.54. The molecule has 0 aromatic heterocycles. The van der Waals surface area contributed by atoms with Crippen LogP contribution in [0.4, 0.5) is 22.0 Å². The molecular formula is C20H17F5N2O3S. The molecule has 0 unspecified atom stereocenters. The molecule has 11 heteroatoms. The van der Waals surface area contributed by atoms with Crippen LogP contribution in [-0.4, -0.2) is 43.8 Å². The molecular weight excluding hydrogens is 443 g/mol. The molecule has 0 saturated carbocycles. The number of hydrogen-bond acceptors (Lipinski definition) is 5. The number of nitrogens with zero attached hydrogens (tertiary/aromatic N) is 1. The summed E-state index contributed by atoms with van der Waals surface area (Å²) < 4.78 is 92.1. The molecule has 0 bridgehead atoms. The quantitative estimate of drug-likeness (QED) is 0.529. The number of β-amino-alcohol motifs (C(OH)–C–C–N with tert-alkyl or cyclic N) is 1. The predicted octanol–water partition coefficient (Wildman–Crippen LogP) is 3.19. The Morgan fingerprint density at radius 2 is 1.52 bits per heavy atom. The van der Waals surface area contributed by atoms with Gasteiger partial charge >= 0.3 is 6.18 Å². The summed E-state index contributed by atoms with van der Waals surface area (Å²) in [6, 6.07) is 8.30. The molecule has 0 aliphatic carbocycles. The Labute approximate surface area is 174 Å². The van der Waals surface area contributed by atoms with Gasteiger partial charge in [0.1, 0.15) is 11.6 Å². The molecule has 2 aromatic carbocycles. The van der Waals surface area contributed by atoms with E-state index in [9.17, 15) is 35.5 Å². The van der Waals surface area contributed by atoms with Crippen molar-refractivity contribution in [2.75, 3.05) is 13.1 Å². The molecule has 1 aliphatic heterocycles. The first-order valence-corrected chi connectivity index (χ1v) is 10.3. The van der Waals surface area contributed by atoms with Crippen LogP contribution in [0, 0.1) is 11.6 Å². The third-order valence-corrected chi connectivity index (χ3v) is 6.32. The fourth-order valence-corrected chi connectivity index (χ4v) is 4.64. The Balaban J connectivity index is 2.22. The second-order valence-corrected chi connectivity index (χ2v) is 8.75. The number of nitrogens with two attached hydrogens (primary N) is 1. The summed E-state index contributed by atoms with van der Waals surface area (Å²) in [5.74, 6) is -1.32. The Kier molecular flexibility index (Phi) is 6.10. The van der Waals surface area contributed by atoms with Crippen LogP contribution in [0.5, 0.6) is 0 Å². The standard InChI is InChI=1S/C20H17F5N2O3S/c21-13-3-1-12(2-4-13)19-17(31(29,30)16-7-5-14(22)6-8-16)9-15(26)10-27(19)11-18(28)20(23,24)25/h1-9,18,28H,10-11,26H2/t18-/m1/s1. The Hall–Kier alpha value is -2.92. The van der Waals surface area contributed by atoms with Crippen LogP contribution in [0.1, 0.15) is 5.56 Å². The second-order valence-electron chi connectivity index (χ2n) is 6.83. The van der Waals surface area contributed by atoms with Crippen molar-refractivity contribution in [1.29, 1.82) is 0 Å². The van der Waals surface area contributed by atoms with Gasteiger partial charge in [0, 0.05) is 5.70 Å². The van der Waals surface area contributed by atoms with E-state index in [1.54, 1.807) is 0 Å². The average molecular weight is 460 g/mol. The molecule has 3 rings (SSSR count). The Morgan fingerprint density at radius 1 is 1.00 bits per heavy atom. The molecule has 1 atom stereocenters. The van der Waals surface area contributed by atoms with Gasteiger partial charge in [-0.3, -0.25) is 0 Å². The number of sulfone groups is 1. The number of allylic oxidation sites excluding steroid dienone is 1. The fraction of sp³-hybridized carbons (Fsp3) is 0.200. The molecule has 0 spiro atoms. The van der Waals surface area contributed by atoms with Gasteiger partial charge < -0.3 is 15.7 Å². The summed E-state index contributed by atoms with van der Waals surface area (Å²) >= 11 is 0. The molecule has 0 amide bonds. The molecule has 166 valence electrons. The number of aliphatic hydroxyl groups excluding tert-OH is 1. The molecule has 31 heavy (non-hydrogen) atoms. The van der Waals surface area contributed by atoms with E-state index in [0.717, 1.165) is 47.4 Å². The first-order chi connectivity index (χ1) is 14.4. The fourth-order valence-electron chi connectivity index (χ4n) is 3.08. The molecule has 5 nitrogen and oxygen atoms in total. The Morgan fingerprint density at radius 3 is 2.03 bits per heavy atom. The third kappa shape index (κ3) is 4.88. The zero-order valence-corrected chi connectivity index (χ0v) is 16.6. The molecule has 3 N–H and O–H groups in total. The van der Waals surface area contributed by atoms with Gasteiger partial charge in [0.15, 0.2) is 6.10 Å². The minimum atomic E-state index is -4.96. The SMILES string of the molecule is NC1=CC(S(=O)(=O)c2ccc(F)cc2)=C(c2ccc(F)cc2)N(C[C@@H](O)C(F)(F)F)C1. The first-order valence-electron chi connectivity index (χ1n) is 8.86. The van der Waals surface area contributed by atoms with Crippen LogP contribution in [0.3, 0.4) is 0 Å². The van der Waals surface area contributed by atoms with Crippen LogP contribution in [0.15, 0.2) is 70.1 Å². The molecule has 0 saturated heterocycles. The number of hydrogen-bond donors (Lipinski definition) is 2. The number of alkyl halides is 3. The highest BCUT2D eigenvalue weighted by Gasteiger charge is 2.41. The van der Waals surface area contributed by atoms with Crippen molar-refractivity contribution >= 4 is 15.5 Å². The summed E-state index contributed by atoms with van der Waals surface area (Å²) in [6.07, 6.45) is -6.66. The van der Waals surface area contributed by atoms with Gasteiger partial charge in [-0.25, -0.2) is 17.2 Å². The molecule has 1 aliphatic rings. The van der Waals surface area contributed by atoms with Crippen LogP contribution in [0.25, 0.3) is 5.70 Å². The van der Waals surface area contributed by atoms with Gasteiger partial charge in [-0.1, -0.05) is 0 Å². The maximum absolute atomic E-state index is 13.4. The lowest BCUT2D eigenvalue weighted by molar-refractivity contribution is -0.206. The van der Waals surface area contributed by atoms with Crippen LogP contribution >= 0.6 is 0 Å². The number of aliphatic hydroxyl groups is 1. The monoisotopic (exact) mass is 460 g/mol. The van der Waals surface area contributed by atoms with Crippen molar-refractivity contribution in [2.24, 2.45) is 5.73 Å². The van der Waals surface area contributed by atoms with E-state index in [1.807, 2.05) is 0 Å². The van der Waals surface area contributed by atoms with Gasteiger partial charge in [0.2, 0.25) is 9.84 Å². The lowest BCUT2D eigenvalue weighted by atomic mass is 10.1. The summed E-state index contributed by atoms with van der Waals surface area (Å²) in [6.45, 7) is -1.31. The number of halogens is 5. The highest BCUT2D eigenvalue weighted by Crippen LogP contribution is 2.36. The van der Waals surface area contributed by atoms with E-state index in [2.05, 4.69) is 0 Å². The van der Waals surface area contributed by atoms with Crippen molar-refractivity contribution in [3.63, 3.8) is 0 Å². The number of benzene rings is 2. The zero-order chi connectivity index (χ0) is 23.0. The van der Waals surface area contributed by atoms with Crippen molar-refractivity contribution < 1.29 is 35.5 Å². The predicted molar refractivity (Wildman–Crippen MR) is 103 cm³/mol. The molecule has 1 heterocycles. The van der Waals surface area contributed by atoms with Gasteiger partial charge in [0.05, 0.1) is 28.6 Å². The maximum Gasteiger partial charge on any atom is 0.416 e.